The predicted octanol–water partition coefficient (Wildman–Crippen LogP) is 1.60. The molecule has 0 radical (unpaired) electrons. The molecule has 1 N–H and O–H groups in total. The molecule has 0 saturated carbocycles. The van der Waals surface area contributed by atoms with Crippen LogP contribution in [0.25, 0.3) is 11.4 Å². The van der Waals surface area contributed by atoms with E-state index in [9.17, 15) is 4.79 Å². The van der Waals surface area contributed by atoms with Crippen LogP contribution in [0.15, 0.2) is 24.3 Å². The molecule has 0 amide bonds. The average Bonchev–Trinajstić information content (AvgIpc) is 2.87. The average molecular weight is 276 g/mol. The zero-order chi connectivity index (χ0) is 14.4. The number of benzene rings is 1. The smallest absolute Gasteiger partial charge is 0.325 e. The van der Waals surface area contributed by atoms with Crippen molar-refractivity contribution in [3.8, 4) is 17.1 Å². The third-order valence-corrected chi connectivity index (χ3v) is 2.70. The van der Waals surface area contributed by atoms with Crippen LogP contribution in [0, 0.1) is 0 Å². The van der Waals surface area contributed by atoms with Gasteiger partial charge >= 0.3 is 5.97 Å². The van der Waals surface area contributed by atoms with Crippen molar-refractivity contribution in [2.75, 3.05) is 6.61 Å². The Morgan fingerprint density at radius 3 is 2.75 bits per heavy atom. The summed E-state index contributed by atoms with van der Waals surface area (Å²) in [5, 5.41) is 19.8. The quantitative estimate of drug-likeness (QED) is 0.772. The van der Waals surface area contributed by atoms with Gasteiger partial charge in [0.15, 0.2) is 5.82 Å². The van der Waals surface area contributed by atoms with Crippen molar-refractivity contribution in [3.63, 3.8) is 0 Å². The SMILES string of the molecule is CCCCOc1ccc(-c2nnnn2CC(=O)O)cc1. The number of hydrogen-bond acceptors (Lipinski definition) is 5. The van der Waals surface area contributed by atoms with E-state index in [1.165, 1.54) is 4.68 Å². The number of unbranched alkanes of at least 4 members (excludes halogenated alkanes) is 1. The van der Waals surface area contributed by atoms with Crippen LogP contribution < -0.4 is 4.74 Å². The summed E-state index contributed by atoms with van der Waals surface area (Å²) in [6.07, 6.45) is 2.10. The Morgan fingerprint density at radius 1 is 1.35 bits per heavy atom. The summed E-state index contributed by atoms with van der Waals surface area (Å²) >= 11 is 0. The van der Waals surface area contributed by atoms with Gasteiger partial charge in [0.1, 0.15) is 12.3 Å². The number of carbonyl (C=O) groups is 1. The zero-order valence-electron chi connectivity index (χ0n) is 11.2. The van der Waals surface area contributed by atoms with Gasteiger partial charge in [-0.15, -0.1) is 5.10 Å². The summed E-state index contributed by atoms with van der Waals surface area (Å²) in [6, 6.07) is 7.27. The Kier molecular flexibility index (Phi) is 4.65. The number of aliphatic carboxylic acids is 1. The highest BCUT2D eigenvalue weighted by Gasteiger charge is 2.11. The molecule has 106 valence electrons. The number of nitrogens with zero attached hydrogens (tertiary/aromatic N) is 4. The summed E-state index contributed by atoms with van der Waals surface area (Å²) in [5.74, 6) is 0.213. The number of carboxylic acids is 1. The minimum absolute atomic E-state index is 0.267. The lowest BCUT2D eigenvalue weighted by Crippen LogP contribution is -2.11. The van der Waals surface area contributed by atoms with Crippen molar-refractivity contribution >= 4 is 5.97 Å². The van der Waals surface area contributed by atoms with Gasteiger partial charge in [-0.05, 0) is 41.1 Å². The van der Waals surface area contributed by atoms with Gasteiger partial charge in [-0.3, -0.25) is 4.79 Å². The van der Waals surface area contributed by atoms with Gasteiger partial charge in [-0.1, -0.05) is 13.3 Å². The zero-order valence-corrected chi connectivity index (χ0v) is 11.2. The van der Waals surface area contributed by atoms with Gasteiger partial charge in [-0.2, -0.15) is 0 Å². The number of rotatable bonds is 7. The van der Waals surface area contributed by atoms with Crippen molar-refractivity contribution in [1.82, 2.24) is 20.2 Å². The van der Waals surface area contributed by atoms with Crippen molar-refractivity contribution < 1.29 is 14.6 Å². The van der Waals surface area contributed by atoms with Crippen LogP contribution in [0.3, 0.4) is 0 Å². The lowest BCUT2D eigenvalue weighted by Gasteiger charge is -2.06. The highest BCUT2D eigenvalue weighted by molar-refractivity contribution is 5.67. The largest absolute Gasteiger partial charge is 0.494 e. The molecule has 0 aliphatic heterocycles. The third kappa shape index (κ3) is 3.53. The highest BCUT2D eigenvalue weighted by Crippen LogP contribution is 2.20. The molecule has 0 aliphatic rings. The lowest BCUT2D eigenvalue weighted by atomic mass is 10.2. The maximum Gasteiger partial charge on any atom is 0.325 e. The third-order valence-electron chi connectivity index (χ3n) is 2.70. The van der Waals surface area contributed by atoms with Crippen molar-refractivity contribution in [1.29, 1.82) is 0 Å². The van der Waals surface area contributed by atoms with Crippen LogP contribution in [-0.4, -0.2) is 37.9 Å². The number of tetrazole rings is 1. The first kappa shape index (κ1) is 14.0. The van der Waals surface area contributed by atoms with E-state index in [1.54, 1.807) is 0 Å². The second-order valence-electron chi connectivity index (χ2n) is 4.28. The Balaban J connectivity index is 2.09. The van der Waals surface area contributed by atoms with Gasteiger partial charge in [0.05, 0.1) is 6.61 Å². The van der Waals surface area contributed by atoms with Crippen molar-refractivity contribution in [2.45, 2.75) is 26.3 Å². The minimum Gasteiger partial charge on any atom is -0.494 e. The summed E-state index contributed by atoms with van der Waals surface area (Å²) in [4.78, 5) is 10.7. The molecule has 1 aromatic heterocycles. The van der Waals surface area contributed by atoms with E-state index >= 15 is 0 Å². The van der Waals surface area contributed by atoms with Crippen LogP contribution in [0.4, 0.5) is 0 Å². The standard InChI is InChI=1S/C13H16N4O3/c1-2-3-8-20-11-6-4-10(5-7-11)13-14-15-16-17(13)9-12(18)19/h4-7H,2-3,8-9H2,1H3,(H,18,19). The molecule has 1 aromatic carbocycles. The molecule has 7 nitrogen and oxygen atoms in total. The maximum atomic E-state index is 10.7. The van der Waals surface area contributed by atoms with Crippen LogP contribution in [0.2, 0.25) is 0 Å². The van der Waals surface area contributed by atoms with E-state index < -0.39 is 5.97 Å². The fourth-order valence-corrected chi connectivity index (χ4v) is 1.68. The van der Waals surface area contributed by atoms with Gasteiger partial charge < -0.3 is 9.84 Å². The molecule has 2 rings (SSSR count). The van der Waals surface area contributed by atoms with Gasteiger partial charge in [0.25, 0.3) is 0 Å². The van der Waals surface area contributed by atoms with Gasteiger partial charge in [0, 0.05) is 5.56 Å². The molecule has 0 aliphatic carbocycles. The molecular weight excluding hydrogens is 260 g/mol. The van der Waals surface area contributed by atoms with Gasteiger partial charge in [0.2, 0.25) is 0 Å². The Morgan fingerprint density at radius 2 is 2.10 bits per heavy atom. The van der Waals surface area contributed by atoms with E-state index in [2.05, 4.69) is 22.4 Å². The van der Waals surface area contributed by atoms with E-state index in [-0.39, 0.29) is 6.54 Å². The van der Waals surface area contributed by atoms with E-state index in [0.29, 0.717) is 12.4 Å². The summed E-state index contributed by atoms with van der Waals surface area (Å²) < 4.78 is 6.81. The van der Waals surface area contributed by atoms with Crippen LogP contribution in [0.1, 0.15) is 19.8 Å². The van der Waals surface area contributed by atoms with E-state index in [1.807, 2.05) is 24.3 Å². The summed E-state index contributed by atoms with van der Waals surface area (Å²) in [5.41, 5.74) is 0.749. The topological polar surface area (TPSA) is 90.1 Å². The summed E-state index contributed by atoms with van der Waals surface area (Å²) in [7, 11) is 0. The lowest BCUT2D eigenvalue weighted by molar-refractivity contribution is -0.137. The first-order valence-corrected chi connectivity index (χ1v) is 6.42. The molecule has 0 fully saturated rings. The number of hydrogen-bond donors (Lipinski definition) is 1. The molecule has 0 saturated heterocycles. The van der Waals surface area contributed by atoms with E-state index in [0.717, 1.165) is 24.2 Å². The minimum atomic E-state index is -0.988. The monoisotopic (exact) mass is 276 g/mol. The van der Waals surface area contributed by atoms with Crippen LogP contribution in [-0.2, 0) is 11.3 Å². The Hall–Kier alpha value is -2.44. The fourth-order valence-electron chi connectivity index (χ4n) is 1.68. The molecule has 0 bridgehead atoms. The number of aromatic nitrogens is 4. The molecule has 1 heterocycles. The highest BCUT2D eigenvalue weighted by atomic mass is 16.5. The first-order valence-electron chi connectivity index (χ1n) is 6.42. The molecule has 2 aromatic rings. The fraction of sp³-hybridized carbons (Fsp3) is 0.385. The van der Waals surface area contributed by atoms with Gasteiger partial charge in [-0.25, -0.2) is 4.68 Å². The first-order chi connectivity index (χ1) is 9.70. The molecule has 7 heteroatoms. The molecule has 0 atom stereocenters. The van der Waals surface area contributed by atoms with E-state index in [4.69, 9.17) is 9.84 Å². The second-order valence-corrected chi connectivity index (χ2v) is 4.28. The molecule has 0 spiro atoms. The molecule has 20 heavy (non-hydrogen) atoms. The Labute approximate surface area is 116 Å². The maximum absolute atomic E-state index is 10.7. The Bertz CT molecular complexity index is 565. The molecular formula is C13H16N4O3. The number of ether oxygens (including phenoxy) is 1. The second kappa shape index (κ2) is 6.65. The number of carboxylic acid groups (broad SMARTS) is 1. The van der Waals surface area contributed by atoms with Crippen molar-refractivity contribution in [2.24, 2.45) is 0 Å². The normalized spacial score (nSPS) is 10.4. The summed E-state index contributed by atoms with van der Waals surface area (Å²) in [6.45, 7) is 2.53. The van der Waals surface area contributed by atoms with Crippen LogP contribution in [0.5, 0.6) is 5.75 Å². The molecule has 0 unspecified atom stereocenters. The van der Waals surface area contributed by atoms with Crippen molar-refractivity contribution in [3.05, 3.63) is 24.3 Å². The predicted molar refractivity (Wildman–Crippen MR) is 71.3 cm³/mol. The van der Waals surface area contributed by atoms with Crippen LogP contribution >= 0.6 is 0 Å².